The van der Waals surface area contributed by atoms with E-state index in [9.17, 15) is 13.2 Å². The van der Waals surface area contributed by atoms with Gasteiger partial charge in [0.2, 0.25) is 0 Å². The van der Waals surface area contributed by atoms with Gasteiger partial charge in [-0.05, 0) is 42.8 Å². The van der Waals surface area contributed by atoms with Gasteiger partial charge in [0.15, 0.2) is 0 Å². The smallest absolute Gasteiger partial charge is 0.264 e. The largest absolute Gasteiger partial charge is 0.497 e. The molecule has 0 bridgehead atoms. The number of methoxy groups -OCH3 is 2. The zero-order valence-electron chi connectivity index (χ0n) is 18.6. The van der Waals surface area contributed by atoms with E-state index in [2.05, 4.69) is 10.5 Å². The standard InChI is InChI=1S/C24H25N3O5S/c1-18-9-7-8-12-22(18)27(33(29,30)21-10-5-4-6-11-21)17-24(28)26-25-16-19-13-14-20(31-2)15-23(19)32-3/h4-16H,17H2,1-3H3,(H,26,28)/b25-16-. The van der Waals surface area contributed by atoms with E-state index in [1.165, 1.54) is 25.5 Å². The number of nitrogens with one attached hydrogen (secondary N) is 1. The third-order valence-corrected chi connectivity index (χ3v) is 6.61. The molecule has 0 aliphatic carbocycles. The van der Waals surface area contributed by atoms with E-state index in [-0.39, 0.29) is 4.90 Å². The fraction of sp³-hybridized carbons (Fsp3) is 0.167. The van der Waals surface area contributed by atoms with Gasteiger partial charge in [-0.25, -0.2) is 13.8 Å². The molecule has 3 aromatic rings. The number of hydrogen-bond donors (Lipinski definition) is 1. The van der Waals surface area contributed by atoms with Gasteiger partial charge in [-0.3, -0.25) is 9.10 Å². The second-order valence-corrected chi connectivity index (χ2v) is 8.87. The van der Waals surface area contributed by atoms with Crippen molar-refractivity contribution in [3.8, 4) is 11.5 Å². The number of benzene rings is 3. The van der Waals surface area contributed by atoms with E-state index in [1.807, 2.05) is 0 Å². The summed E-state index contributed by atoms with van der Waals surface area (Å²) in [6.45, 7) is 1.34. The van der Waals surface area contributed by atoms with E-state index in [1.54, 1.807) is 74.7 Å². The number of hydrazone groups is 1. The Bertz CT molecular complexity index is 1240. The van der Waals surface area contributed by atoms with Gasteiger partial charge in [-0.1, -0.05) is 36.4 Å². The molecule has 0 aliphatic rings. The lowest BCUT2D eigenvalue weighted by Gasteiger charge is -2.25. The number of sulfonamides is 1. The average Bonchev–Trinajstić information content (AvgIpc) is 2.83. The van der Waals surface area contributed by atoms with E-state index in [0.717, 1.165) is 9.87 Å². The highest BCUT2D eigenvalue weighted by Crippen LogP contribution is 2.26. The van der Waals surface area contributed by atoms with Gasteiger partial charge in [0.25, 0.3) is 15.9 Å². The number of rotatable bonds is 9. The SMILES string of the molecule is COc1ccc(/C=N\NC(=O)CN(c2ccccc2C)S(=O)(=O)c2ccccc2)c(OC)c1. The third-order valence-electron chi connectivity index (χ3n) is 4.84. The lowest BCUT2D eigenvalue weighted by atomic mass is 10.2. The predicted octanol–water partition coefficient (Wildman–Crippen LogP) is 3.36. The van der Waals surface area contributed by atoms with Crippen molar-refractivity contribution in [2.24, 2.45) is 5.10 Å². The minimum Gasteiger partial charge on any atom is -0.497 e. The van der Waals surface area contributed by atoms with Gasteiger partial charge >= 0.3 is 0 Å². The Balaban J connectivity index is 1.83. The summed E-state index contributed by atoms with van der Waals surface area (Å²) in [5, 5.41) is 3.96. The number of para-hydroxylation sites is 1. The van der Waals surface area contributed by atoms with Crippen LogP contribution in [0.15, 0.2) is 82.8 Å². The molecule has 33 heavy (non-hydrogen) atoms. The van der Waals surface area contributed by atoms with Crippen molar-refractivity contribution in [1.82, 2.24) is 5.43 Å². The van der Waals surface area contributed by atoms with Crippen molar-refractivity contribution in [2.45, 2.75) is 11.8 Å². The molecule has 3 rings (SSSR count). The van der Waals surface area contributed by atoms with Crippen LogP contribution in [0.25, 0.3) is 0 Å². The average molecular weight is 468 g/mol. The maximum Gasteiger partial charge on any atom is 0.264 e. The molecule has 0 heterocycles. The molecule has 0 saturated carbocycles. The molecule has 0 fully saturated rings. The lowest BCUT2D eigenvalue weighted by Crippen LogP contribution is -2.40. The van der Waals surface area contributed by atoms with Crippen LogP contribution in [0.4, 0.5) is 5.69 Å². The first kappa shape index (κ1) is 23.8. The molecule has 172 valence electrons. The Hall–Kier alpha value is -3.85. The van der Waals surface area contributed by atoms with Gasteiger partial charge in [0, 0.05) is 11.6 Å². The number of amides is 1. The van der Waals surface area contributed by atoms with Crippen molar-refractivity contribution >= 4 is 27.8 Å². The zero-order chi connectivity index (χ0) is 23.8. The van der Waals surface area contributed by atoms with E-state index >= 15 is 0 Å². The van der Waals surface area contributed by atoms with Crippen molar-refractivity contribution < 1.29 is 22.7 Å². The first-order chi connectivity index (χ1) is 15.9. The number of ether oxygens (including phenoxy) is 2. The minimum absolute atomic E-state index is 0.0903. The van der Waals surface area contributed by atoms with E-state index in [4.69, 9.17) is 9.47 Å². The topological polar surface area (TPSA) is 97.3 Å². The van der Waals surface area contributed by atoms with Gasteiger partial charge in [0.05, 0.1) is 31.0 Å². The molecule has 0 radical (unpaired) electrons. The molecule has 3 aromatic carbocycles. The highest BCUT2D eigenvalue weighted by molar-refractivity contribution is 7.92. The van der Waals surface area contributed by atoms with Crippen LogP contribution in [0.1, 0.15) is 11.1 Å². The second kappa shape index (κ2) is 10.6. The maximum absolute atomic E-state index is 13.3. The lowest BCUT2D eigenvalue weighted by molar-refractivity contribution is -0.119. The molecule has 0 aliphatic heterocycles. The summed E-state index contributed by atoms with van der Waals surface area (Å²) in [7, 11) is -0.919. The number of carbonyl (C=O) groups excluding carboxylic acids is 1. The van der Waals surface area contributed by atoms with Crippen LogP contribution in [-0.4, -0.2) is 41.3 Å². The van der Waals surface area contributed by atoms with Gasteiger partial charge in [0.1, 0.15) is 18.0 Å². The number of aryl methyl sites for hydroxylation is 1. The Morgan fingerprint density at radius 1 is 1.00 bits per heavy atom. The number of nitrogens with zero attached hydrogens (tertiary/aromatic N) is 2. The summed E-state index contributed by atoms with van der Waals surface area (Å²) in [5.41, 5.74) is 4.14. The van der Waals surface area contributed by atoms with Gasteiger partial charge in [-0.2, -0.15) is 5.10 Å². The van der Waals surface area contributed by atoms with Gasteiger partial charge < -0.3 is 9.47 Å². The number of carbonyl (C=O) groups is 1. The Kier molecular flexibility index (Phi) is 7.68. The van der Waals surface area contributed by atoms with Crippen molar-refractivity contribution in [3.63, 3.8) is 0 Å². The second-order valence-electron chi connectivity index (χ2n) is 7.01. The molecule has 0 unspecified atom stereocenters. The summed E-state index contributed by atoms with van der Waals surface area (Å²) in [6, 6.07) is 20.1. The molecular weight excluding hydrogens is 442 g/mol. The molecule has 9 heteroatoms. The quantitative estimate of drug-likeness (QED) is 0.384. The van der Waals surface area contributed by atoms with Crippen LogP contribution in [0.3, 0.4) is 0 Å². The van der Waals surface area contributed by atoms with Crippen LogP contribution in [0, 0.1) is 6.92 Å². The maximum atomic E-state index is 13.3. The van der Waals surface area contributed by atoms with Crippen LogP contribution >= 0.6 is 0 Å². The molecule has 0 saturated heterocycles. The fourth-order valence-corrected chi connectivity index (χ4v) is 4.63. The van der Waals surface area contributed by atoms with Crippen molar-refractivity contribution in [1.29, 1.82) is 0 Å². The highest BCUT2D eigenvalue weighted by atomic mass is 32.2. The molecule has 0 spiro atoms. The van der Waals surface area contributed by atoms with Crippen LogP contribution in [0.5, 0.6) is 11.5 Å². The fourth-order valence-electron chi connectivity index (χ4n) is 3.13. The Morgan fingerprint density at radius 2 is 1.70 bits per heavy atom. The minimum atomic E-state index is -3.98. The molecule has 0 atom stereocenters. The third kappa shape index (κ3) is 5.69. The first-order valence-electron chi connectivity index (χ1n) is 10.0. The van der Waals surface area contributed by atoms with Crippen molar-refractivity contribution in [2.75, 3.05) is 25.1 Å². The van der Waals surface area contributed by atoms with Crippen LogP contribution in [0.2, 0.25) is 0 Å². The summed E-state index contributed by atoms with van der Waals surface area (Å²) in [6.07, 6.45) is 1.42. The normalized spacial score (nSPS) is 11.2. The summed E-state index contributed by atoms with van der Waals surface area (Å²) in [5.74, 6) is 0.537. The first-order valence-corrected chi connectivity index (χ1v) is 11.5. The van der Waals surface area contributed by atoms with E-state index < -0.39 is 22.5 Å². The highest BCUT2D eigenvalue weighted by Gasteiger charge is 2.28. The Morgan fingerprint density at radius 3 is 2.36 bits per heavy atom. The Labute approximate surface area is 193 Å². The van der Waals surface area contributed by atoms with Crippen molar-refractivity contribution in [3.05, 3.63) is 83.9 Å². The monoisotopic (exact) mass is 467 g/mol. The summed E-state index contributed by atoms with van der Waals surface area (Å²) < 4.78 is 38.2. The molecule has 8 nitrogen and oxygen atoms in total. The number of hydrogen-bond acceptors (Lipinski definition) is 6. The molecule has 1 amide bonds. The summed E-state index contributed by atoms with van der Waals surface area (Å²) >= 11 is 0. The van der Waals surface area contributed by atoms with Gasteiger partial charge in [-0.15, -0.1) is 0 Å². The molecule has 0 aromatic heterocycles. The number of anilines is 1. The predicted molar refractivity (Wildman–Crippen MR) is 127 cm³/mol. The molecule has 1 N–H and O–H groups in total. The van der Waals surface area contributed by atoms with Crippen LogP contribution < -0.4 is 19.2 Å². The van der Waals surface area contributed by atoms with E-state index in [0.29, 0.717) is 22.7 Å². The zero-order valence-corrected chi connectivity index (χ0v) is 19.4. The van der Waals surface area contributed by atoms with Crippen LogP contribution in [-0.2, 0) is 14.8 Å². The molecular formula is C24H25N3O5S. The summed E-state index contributed by atoms with van der Waals surface area (Å²) in [4.78, 5) is 12.8.